The molecular weight excluding hydrogens is 522 g/mol. The van der Waals surface area contributed by atoms with Crippen LogP contribution in [-0.2, 0) is 26.3 Å². The largest absolute Gasteiger partial charge is 0.369 e. The van der Waals surface area contributed by atoms with Gasteiger partial charge in [0, 0.05) is 36.6 Å². The summed E-state index contributed by atoms with van der Waals surface area (Å²) in [7, 11) is -0.867. The normalized spacial score (nSPS) is 23.0. The number of fused-ring (bicyclic) bond motifs is 1. The van der Waals surface area contributed by atoms with Gasteiger partial charge in [0.05, 0.1) is 34.3 Å². The van der Waals surface area contributed by atoms with Crippen LogP contribution >= 0.6 is 11.1 Å². The summed E-state index contributed by atoms with van der Waals surface area (Å²) in [5.41, 5.74) is 5.11. The van der Waals surface area contributed by atoms with E-state index in [1.165, 1.54) is 6.26 Å². The van der Waals surface area contributed by atoms with E-state index >= 15 is 0 Å². The molecule has 10 nitrogen and oxygen atoms in total. The van der Waals surface area contributed by atoms with Gasteiger partial charge in [-0.2, -0.15) is 21.3 Å². The van der Waals surface area contributed by atoms with Gasteiger partial charge in [0.15, 0.2) is 0 Å². The Hall–Kier alpha value is -2.93. The lowest BCUT2D eigenvalue weighted by atomic mass is 10.0. The molecule has 1 aromatic carbocycles. The van der Waals surface area contributed by atoms with Crippen molar-refractivity contribution in [2.24, 2.45) is 7.05 Å². The van der Waals surface area contributed by atoms with Crippen LogP contribution in [0, 0.1) is 4.78 Å². The fourth-order valence-electron chi connectivity index (χ4n) is 5.12. The number of hydrogen-bond donors (Lipinski definition) is 2. The smallest absolute Gasteiger partial charge is 0.150 e. The number of nitrogens with one attached hydrogen (secondary N) is 1. The number of ether oxygens (including phenoxy) is 2. The van der Waals surface area contributed by atoms with E-state index in [-0.39, 0.29) is 6.23 Å². The topological polar surface area (TPSA) is 111 Å². The Balaban J connectivity index is 1.51. The Bertz CT molecular complexity index is 1570. The standard InChI is InChI=1S/C26H33N7O3S2/c1-31-26-20(18-7-9-19(10-8-18)38(3,27)34)16-22(33-13-15-35-17-37(33)2)28-25(26)24(30-31)21-11-12-32(29-21)23-6-4-5-14-36-23/h7-12,16,23,27,37H,4-6,13-15,17H2,1-3H3. The van der Waals surface area contributed by atoms with Crippen molar-refractivity contribution in [2.45, 2.75) is 30.4 Å². The van der Waals surface area contributed by atoms with Crippen molar-refractivity contribution < 1.29 is 13.7 Å². The summed E-state index contributed by atoms with van der Waals surface area (Å²) in [5.74, 6) is 1.59. The van der Waals surface area contributed by atoms with Crippen LogP contribution in [0.1, 0.15) is 25.5 Å². The highest BCUT2D eigenvalue weighted by Gasteiger charge is 2.25. The van der Waals surface area contributed by atoms with Crippen molar-refractivity contribution >= 4 is 37.7 Å². The summed E-state index contributed by atoms with van der Waals surface area (Å²) in [5, 5.41) is 9.75. The summed E-state index contributed by atoms with van der Waals surface area (Å²) in [4.78, 5) is 5.67. The molecule has 202 valence electrons. The van der Waals surface area contributed by atoms with Gasteiger partial charge in [-0.15, -0.1) is 0 Å². The van der Waals surface area contributed by atoms with Gasteiger partial charge in [-0.25, -0.2) is 18.7 Å². The third-order valence-corrected chi connectivity index (χ3v) is 10.1. The third-order valence-electron chi connectivity index (χ3n) is 7.10. The fraction of sp³-hybridized carbons (Fsp3) is 0.423. The van der Waals surface area contributed by atoms with E-state index in [1.807, 2.05) is 40.8 Å². The van der Waals surface area contributed by atoms with Crippen LogP contribution in [0.2, 0.25) is 0 Å². The lowest BCUT2D eigenvalue weighted by molar-refractivity contribution is -0.0393. The molecule has 0 radical (unpaired) electrons. The first-order valence-electron chi connectivity index (χ1n) is 12.7. The van der Waals surface area contributed by atoms with Gasteiger partial charge in [-0.05, 0) is 55.3 Å². The molecule has 0 aliphatic carbocycles. The molecule has 2 fully saturated rings. The Morgan fingerprint density at radius 2 is 1.95 bits per heavy atom. The average Bonchev–Trinajstić information content (AvgIpc) is 3.54. The molecule has 0 spiro atoms. The minimum absolute atomic E-state index is 0.0482. The van der Waals surface area contributed by atoms with Crippen molar-refractivity contribution in [1.82, 2.24) is 24.5 Å². The van der Waals surface area contributed by atoms with E-state index in [0.29, 0.717) is 17.4 Å². The second-order valence-corrected chi connectivity index (χ2v) is 14.1. The Morgan fingerprint density at radius 3 is 2.66 bits per heavy atom. The van der Waals surface area contributed by atoms with Crippen molar-refractivity contribution in [3.63, 3.8) is 0 Å². The number of aryl methyl sites for hydroxylation is 1. The lowest BCUT2D eigenvalue weighted by Gasteiger charge is -2.37. The quantitative estimate of drug-likeness (QED) is 0.347. The van der Waals surface area contributed by atoms with Crippen LogP contribution in [-0.4, -0.2) is 67.0 Å². The van der Waals surface area contributed by atoms with Gasteiger partial charge in [0.25, 0.3) is 0 Å². The summed E-state index contributed by atoms with van der Waals surface area (Å²) in [6.07, 6.45) is 8.73. The molecule has 12 heteroatoms. The molecule has 2 aliphatic heterocycles. The molecule has 0 bridgehead atoms. The molecule has 0 saturated carbocycles. The average molecular weight is 556 g/mol. The highest BCUT2D eigenvalue weighted by Crippen LogP contribution is 2.40. The molecule has 5 heterocycles. The summed E-state index contributed by atoms with van der Waals surface area (Å²) >= 11 is -0.528. The number of hydrogen-bond acceptors (Lipinski definition) is 8. The number of rotatable bonds is 5. The molecular formula is C26H33N7O3S2. The maximum atomic E-state index is 12.3. The summed E-state index contributed by atoms with van der Waals surface area (Å²) in [6, 6.07) is 11.5. The first kappa shape index (κ1) is 25.4. The summed E-state index contributed by atoms with van der Waals surface area (Å²) < 4.78 is 38.0. The van der Waals surface area contributed by atoms with Crippen molar-refractivity contribution in [3.8, 4) is 22.5 Å². The van der Waals surface area contributed by atoms with E-state index in [0.717, 1.165) is 71.8 Å². The zero-order chi connectivity index (χ0) is 26.4. The van der Waals surface area contributed by atoms with Gasteiger partial charge in [0.1, 0.15) is 29.0 Å². The van der Waals surface area contributed by atoms with Crippen LogP contribution in [0.3, 0.4) is 0 Å². The SMILES string of the molecule is Cn1nc(-c2ccn(C3CCCCO3)n2)c2nc(N3CCOC[SH]3C)cc(-c3ccc(S(C)(=N)=O)cc3)c21. The third kappa shape index (κ3) is 4.70. The highest BCUT2D eigenvalue weighted by molar-refractivity contribution is 8.17. The Morgan fingerprint density at radius 1 is 1.13 bits per heavy atom. The molecule has 0 amide bonds. The van der Waals surface area contributed by atoms with Gasteiger partial charge < -0.3 is 13.8 Å². The highest BCUT2D eigenvalue weighted by atomic mass is 32.2. The molecule has 38 heavy (non-hydrogen) atoms. The molecule has 1 N–H and O–H groups in total. The maximum Gasteiger partial charge on any atom is 0.150 e. The zero-order valence-corrected chi connectivity index (χ0v) is 23.5. The molecule has 4 aromatic rings. The van der Waals surface area contributed by atoms with E-state index in [2.05, 4.69) is 16.6 Å². The monoisotopic (exact) mass is 555 g/mol. The second-order valence-electron chi connectivity index (χ2n) is 9.89. The molecule has 2 aliphatic rings. The van der Waals surface area contributed by atoms with Crippen molar-refractivity contribution in [3.05, 3.63) is 42.6 Å². The molecule has 2 saturated heterocycles. The van der Waals surface area contributed by atoms with Crippen molar-refractivity contribution in [1.29, 1.82) is 4.78 Å². The van der Waals surface area contributed by atoms with Gasteiger partial charge >= 0.3 is 0 Å². The van der Waals surface area contributed by atoms with Crippen molar-refractivity contribution in [2.75, 3.05) is 42.5 Å². The molecule has 3 aromatic heterocycles. The van der Waals surface area contributed by atoms with Gasteiger partial charge in [-0.3, -0.25) is 4.68 Å². The number of benzene rings is 1. The van der Waals surface area contributed by atoms with Crippen LogP contribution < -0.4 is 4.31 Å². The number of anilines is 1. The predicted molar refractivity (Wildman–Crippen MR) is 152 cm³/mol. The van der Waals surface area contributed by atoms with E-state index < -0.39 is 20.8 Å². The van der Waals surface area contributed by atoms with Gasteiger partial charge in [0.2, 0.25) is 0 Å². The predicted octanol–water partition coefficient (Wildman–Crippen LogP) is 4.57. The Kier molecular flexibility index (Phi) is 6.67. The fourth-order valence-corrected chi connectivity index (χ4v) is 7.18. The van der Waals surface area contributed by atoms with Crippen LogP contribution in [0.5, 0.6) is 0 Å². The minimum atomic E-state index is -2.79. The molecule has 3 atom stereocenters. The van der Waals surface area contributed by atoms with Gasteiger partial charge in [-0.1, -0.05) is 12.1 Å². The van der Waals surface area contributed by atoms with E-state index in [1.54, 1.807) is 12.1 Å². The van der Waals surface area contributed by atoms with E-state index in [4.69, 9.17) is 29.4 Å². The minimum Gasteiger partial charge on any atom is -0.369 e. The second kappa shape index (κ2) is 9.99. The first-order valence-corrected chi connectivity index (χ1v) is 16.6. The first-order chi connectivity index (χ1) is 18.3. The number of pyridine rings is 1. The number of nitrogens with zero attached hydrogens (tertiary/aromatic N) is 6. The maximum absolute atomic E-state index is 12.3. The summed E-state index contributed by atoms with van der Waals surface area (Å²) in [6.45, 7) is 2.20. The van der Waals surface area contributed by atoms with Crippen LogP contribution in [0.4, 0.5) is 5.82 Å². The number of aromatic nitrogens is 5. The molecule has 6 rings (SSSR count). The lowest BCUT2D eigenvalue weighted by Crippen LogP contribution is -2.31. The van der Waals surface area contributed by atoms with Crippen LogP contribution in [0.25, 0.3) is 33.5 Å². The number of thiol groups is 1. The zero-order valence-electron chi connectivity index (χ0n) is 21.8. The Labute approximate surface area is 225 Å². The van der Waals surface area contributed by atoms with E-state index in [9.17, 15) is 4.21 Å². The van der Waals surface area contributed by atoms with Crippen LogP contribution in [0.15, 0.2) is 47.5 Å². The molecule has 3 unspecified atom stereocenters.